The van der Waals surface area contributed by atoms with Gasteiger partial charge in [0.1, 0.15) is 6.10 Å². The lowest BCUT2D eigenvalue weighted by Crippen LogP contribution is -2.44. The van der Waals surface area contributed by atoms with Crippen LogP contribution in [0.3, 0.4) is 0 Å². The highest BCUT2D eigenvalue weighted by atomic mass is 16.5. The Morgan fingerprint density at radius 3 is 2.37 bits per heavy atom. The molecule has 19 heavy (non-hydrogen) atoms. The van der Waals surface area contributed by atoms with Crippen molar-refractivity contribution in [2.75, 3.05) is 6.54 Å². The molecular weight excluding hydrogens is 244 g/mol. The summed E-state index contributed by atoms with van der Waals surface area (Å²) in [6.07, 6.45) is 4.24. The molecule has 1 saturated carbocycles. The lowest BCUT2D eigenvalue weighted by molar-refractivity contribution is -0.155. The van der Waals surface area contributed by atoms with Gasteiger partial charge in [-0.25, -0.2) is 4.79 Å². The summed E-state index contributed by atoms with van der Waals surface area (Å²) in [6, 6.07) is 0.0904. The Morgan fingerprint density at radius 1 is 1.21 bits per heavy atom. The number of hydrogen-bond donors (Lipinski definition) is 2. The van der Waals surface area contributed by atoms with E-state index in [1.165, 1.54) is 0 Å². The first kappa shape index (κ1) is 15.8. The minimum absolute atomic E-state index is 0.0220. The van der Waals surface area contributed by atoms with Gasteiger partial charge >= 0.3 is 12.0 Å². The van der Waals surface area contributed by atoms with Gasteiger partial charge in [-0.2, -0.15) is 0 Å². The maximum Gasteiger partial charge on any atom is 0.314 e. The predicted octanol–water partition coefficient (Wildman–Crippen LogP) is 2.21. The van der Waals surface area contributed by atoms with Crippen molar-refractivity contribution in [2.45, 2.75) is 65.0 Å². The summed E-state index contributed by atoms with van der Waals surface area (Å²) >= 11 is 0. The van der Waals surface area contributed by atoms with Crippen molar-refractivity contribution in [2.24, 2.45) is 5.92 Å². The first-order valence-electron chi connectivity index (χ1n) is 7.31. The second-order valence-electron chi connectivity index (χ2n) is 5.22. The lowest BCUT2D eigenvalue weighted by Gasteiger charge is -2.29. The molecule has 1 aliphatic carbocycles. The predicted molar refractivity (Wildman–Crippen MR) is 73.8 cm³/mol. The van der Waals surface area contributed by atoms with Crippen molar-refractivity contribution in [3.05, 3.63) is 0 Å². The number of amides is 2. The molecule has 2 amide bonds. The highest BCUT2D eigenvalue weighted by molar-refractivity contribution is 5.74. The molecule has 0 spiro atoms. The molecule has 1 atom stereocenters. The third-order valence-electron chi connectivity index (χ3n) is 3.64. The standard InChI is InChI=1S/C14H26N2O3/c1-4-10(3)13(17)19-12-8-6-11(7-9-12)16-14(18)15-5-2/h10-12H,4-9H2,1-3H3,(H2,15,16,18). The number of hydrogen-bond acceptors (Lipinski definition) is 3. The van der Waals surface area contributed by atoms with Crippen LogP contribution in [-0.2, 0) is 9.53 Å². The molecule has 0 radical (unpaired) electrons. The van der Waals surface area contributed by atoms with Crippen molar-refractivity contribution in [1.82, 2.24) is 10.6 Å². The normalized spacial score (nSPS) is 24.4. The molecule has 0 saturated heterocycles. The van der Waals surface area contributed by atoms with Crippen LogP contribution in [0.1, 0.15) is 52.9 Å². The highest BCUT2D eigenvalue weighted by Gasteiger charge is 2.25. The van der Waals surface area contributed by atoms with E-state index in [4.69, 9.17) is 4.74 Å². The Labute approximate surface area is 115 Å². The summed E-state index contributed by atoms with van der Waals surface area (Å²) in [5, 5.41) is 5.66. The van der Waals surface area contributed by atoms with E-state index in [2.05, 4.69) is 10.6 Å². The van der Waals surface area contributed by atoms with Crippen LogP contribution in [0.15, 0.2) is 0 Å². The van der Waals surface area contributed by atoms with E-state index >= 15 is 0 Å². The molecule has 1 aliphatic rings. The SMILES string of the molecule is CCNC(=O)NC1CCC(OC(=O)C(C)CC)CC1. The number of rotatable bonds is 5. The fourth-order valence-electron chi connectivity index (χ4n) is 2.17. The van der Waals surface area contributed by atoms with E-state index in [1.807, 2.05) is 20.8 Å². The lowest BCUT2D eigenvalue weighted by atomic mass is 9.93. The second-order valence-corrected chi connectivity index (χ2v) is 5.22. The minimum Gasteiger partial charge on any atom is -0.462 e. The first-order valence-corrected chi connectivity index (χ1v) is 7.31. The molecule has 2 N–H and O–H groups in total. The van der Waals surface area contributed by atoms with Crippen molar-refractivity contribution >= 4 is 12.0 Å². The van der Waals surface area contributed by atoms with Gasteiger partial charge in [0, 0.05) is 12.6 Å². The number of carbonyl (C=O) groups excluding carboxylic acids is 2. The number of esters is 1. The fourth-order valence-corrected chi connectivity index (χ4v) is 2.17. The number of ether oxygens (including phenoxy) is 1. The second kappa shape index (κ2) is 8.02. The molecule has 0 aromatic carbocycles. The molecule has 0 bridgehead atoms. The van der Waals surface area contributed by atoms with Crippen molar-refractivity contribution in [3.63, 3.8) is 0 Å². The molecule has 5 nitrogen and oxygen atoms in total. The van der Waals surface area contributed by atoms with Crippen molar-refractivity contribution in [1.29, 1.82) is 0 Å². The van der Waals surface area contributed by atoms with E-state index < -0.39 is 0 Å². The smallest absolute Gasteiger partial charge is 0.314 e. The topological polar surface area (TPSA) is 67.4 Å². The molecule has 0 aliphatic heterocycles. The van der Waals surface area contributed by atoms with Gasteiger partial charge in [-0.3, -0.25) is 4.79 Å². The molecule has 1 fully saturated rings. The summed E-state index contributed by atoms with van der Waals surface area (Å²) in [5.41, 5.74) is 0. The Kier molecular flexibility index (Phi) is 6.67. The van der Waals surface area contributed by atoms with Crippen LogP contribution in [0.2, 0.25) is 0 Å². The van der Waals surface area contributed by atoms with E-state index in [0.717, 1.165) is 32.1 Å². The summed E-state index contributed by atoms with van der Waals surface area (Å²) in [6.45, 7) is 6.40. The van der Waals surface area contributed by atoms with Crippen LogP contribution in [0.25, 0.3) is 0 Å². The van der Waals surface area contributed by atoms with Crippen LogP contribution in [0, 0.1) is 5.92 Å². The Hall–Kier alpha value is -1.26. The molecule has 110 valence electrons. The van der Waals surface area contributed by atoms with E-state index in [-0.39, 0.29) is 30.1 Å². The maximum atomic E-state index is 11.7. The summed E-state index contributed by atoms with van der Waals surface area (Å²) in [7, 11) is 0. The summed E-state index contributed by atoms with van der Waals surface area (Å²) in [5.74, 6) is -0.117. The Morgan fingerprint density at radius 2 is 1.84 bits per heavy atom. The largest absolute Gasteiger partial charge is 0.462 e. The zero-order valence-electron chi connectivity index (χ0n) is 12.2. The zero-order valence-corrected chi connectivity index (χ0v) is 12.2. The van der Waals surface area contributed by atoms with Gasteiger partial charge in [0.05, 0.1) is 5.92 Å². The number of nitrogens with one attached hydrogen (secondary N) is 2. The van der Waals surface area contributed by atoms with Crippen molar-refractivity contribution < 1.29 is 14.3 Å². The van der Waals surface area contributed by atoms with Gasteiger partial charge in [-0.05, 0) is 39.0 Å². The summed E-state index contributed by atoms with van der Waals surface area (Å²) in [4.78, 5) is 23.1. The molecule has 5 heteroatoms. The highest BCUT2D eigenvalue weighted by Crippen LogP contribution is 2.22. The zero-order chi connectivity index (χ0) is 14.3. The van der Waals surface area contributed by atoms with Crippen molar-refractivity contribution in [3.8, 4) is 0 Å². The molecule has 1 unspecified atom stereocenters. The van der Waals surface area contributed by atoms with Crippen LogP contribution in [-0.4, -0.2) is 30.7 Å². The molecular formula is C14H26N2O3. The Bertz CT molecular complexity index is 299. The van der Waals surface area contributed by atoms with Gasteiger partial charge in [0.15, 0.2) is 0 Å². The van der Waals surface area contributed by atoms with Gasteiger partial charge in [0.2, 0.25) is 0 Å². The third kappa shape index (κ3) is 5.49. The van der Waals surface area contributed by atoms with Gasteiger partial charge < -0.3 is 15.4 Å². The summed E-state index contributed by atoms with van der Waals surface area (Å²) < 4.78 is 5.48. The van der Waals surface area contributed by atoms with Gasteiger partial charge in [-0.15, -0.1) is 0 Å². The monoisotopic (exact) mass is 270 g/mol. The van der Waals surface area contributed by atoms with Gasteiger partial charge in [0.25, 0.3) is 0 Å². The maximum absolute atomic E-state index is 11.7. The molecule has 1 rings (SSSR count). The van der Waals surface area contributed by atoms with Crippen LogP contribution < -0.4 is 10.6 Å². The van der Waals surface area contributed by atoms with Crippen LogP contribution in [0.4, 0.5) is 4.79 Å². The van der Waals surface area contributed by atoms with Crippen LogP contribution in [0.5, 0.6) is 0 Å². The number of carbonyl (C=O) groups is 2. The van der Waals surface area contributed by atoms with Crippen LogP contribution >= 0.6 is 0 Å². The average molecular weight is 270 g/mol. The Balaban J connectivity index is 2.25. The average Bonchev–Trinajstić information content (AvgIpc) is 2.40. The first-order chi connectivity index (χ1) is 9.06. The van der Waals surface area contributed by atoms with Gasteiger partial charge in [-0.1, -0.05) is 13.8 Å². The minimum atomic E-state index is -0.109. The number of urea groups is 1. The van der Waals surface area contributed by atoms with E-state index in [0.29, 0.717) is 6.54 Å². The molecule has 0 aromatic rings. The molecule has 0 heterocycles. The third-order valence-corrected chi connectivity index (χ3v) is 3.64. The quantitative estimate of drug-likeness (QED) is 0.753. The fraction of sp³-hybridized carbons (Fsp3) is 0.857. The van der Waals surface area contributed by atoms with E-state index in [1.54, 1.807) is 0 Å². The molecule has 0 aromatic heterocycles. The van der Waals surface area contributed by atoms with E-state index in [9.17, 15) is 9.59 Å².